The normalized spacial score (nSPS) is 12.2. The fourth-order valence-corrected chi connectivity index (χ4v) is 24.8. The average Bonchev–Trinajstić information content (AvgIpc) is 1.53. The zero-order valence-electron chi connectivity index (χ0n) is 77.3. The van der Waals surface area contributed by atoms with Gasteiger partial charge in [0.2, 0.25) is 0 Å². The Hall–Kier alpha value is -19.6. The van der Waals surface area contributed by atoms with E-state index in [-0.39, 0.29) is 0 Å². The van der Waals surface area contributed by atoms with E-state index in [0.717, 1.165) is 187 Å². The Morgan fingerprint density at radius 2 is 0.389 bits per heavy atom. The van der Waals surface area contributed by atoms with Crippen molar-refractivity contribution in [2.24, 2.45) is 0 Å². The quantitative estimate of drug-likeness (QED) is 0.152. The maximum absolute atomic E-state index is 5.06. The van der Waals surface area contributed by atoms with Crippen LogP contribution >= 0.6 is 0 Å². The van der Waals surface area contributed by atoms with E-state index in [9.17, 15) is 0 Å². The number of aromatic nitrogens is 13. The highest BCUT2D eigenvalue weighted by molar-refractivity contribution is 6.40. The van der Waals surface area contributed by atoms with Crippen LogP contribution in [0.15, 0.2) is 468 Å². The molecule has 666 valence electrons. The number of benzene rings is 23. The number of pyridine rings is 1. The summed E-state index contributed by atoms with van der Waals surface area (Å²) in [5.41, 5.74) is 25.0. The van der Waals surface area contributed by atoms with Gasteiger partial charge in [-0.05, 0) is 190 Å². The summed E-state index contributed by atoms with van der Waals surface area (Å²) >= 11 is 0. The van der Waals surface area contributed by atoms with Gasteiger partial charge in [0.15, 0.2) is 0 Å². The van der Waals surface area contributed by atoms with Crippen molar-refractivity contribution in [2.75, 3.05) is 0 Å². The lowest BCUT2D eigenvalue weighted by atomic mass is 9.94. The Balaban J connectivity index is 0.0000000986. The van der Waals surface area contributed by atoms with E-state index in [1.807, 2.05) is 37.1 Å². The molecule has 0 radical (unpaired) electrons. The van der Waals surface area contributed by atoms with Crippen molar-refractivity contribution in [3.8, 4) is 34.1 Å². The summed E-state index contributed by atoms with van der Waals surface area (Å²) in [4.78, 5) is 34.3. The Bertz CT molecular complexity index is 10700. The van der Waals surface area contributed by atoms with Crippen molar-refractivity contribution >= 4 is 261 Å². The molecule has 13 nitrogen and oxygen atoms in total. The van der Waals surface area contributed by atoms with Gasteiger partial charge in [-0.2, -0.15) is 0 Å². The van der Waals surface area contributed by atoms with E-state index in [0.29, 0.717) is 0 Å². The van der Waals surface area contributed by atoms with Gasteiger partial charge in [0.25, 0.3) is 0 Å². The maximum Gasteiger partial charge on any atom is 0.116 e. The molecule has 33 aromatic rings. The highest BCUT2D eigenvalue weighted by atomic mass is 15.1. The monoisotopic (exact) mass is 1830 g/mol. The molecule has 0 unspecified atom stereocenters. The van der Waals surface area contributed by atoms with Crippen LogP contribution < -0.4 is 0 Å². The van der Waals surface area contributed by atoms with E-state index in [2.05, 4.69) is 456 Å². The molecule has 33 rings (SSSR count). The summed E-state index contributed by atoms with van der Waals surface area (Å²) in [5, 5.41) is 37.0. The molecule has 10 aromatic heterocycles. The molecule has 0 aliphatic rings. The number of fused-ring (bicyclic) bond motifs is 48. The number of hydrogen-bond donors (Lipinski definition) is 0. The van der Waals surface area contributed by atoms with Crippen molar-refractivity contribution < 1.29 is 0 Å². The first-order chi connectivity index (χ1) is 71.6. The van der Waals surface area contributed by atoms with Gasteiger partial charge in [-0.15, -0.1) is 0 Å². The zero-order chi connectivity index (χ0) is 94.0. The molecule has 144 heavy (non-hydrogen) atoms. The molecule has 0 atom stereocenters. The second-order valence-corrected chi connectivity index (χ2v) is 37.6. The average molecular weight is 1830 g/mol. The molecule has 23 aromatic carbocycles. The van der Waals surface area contributed by atoms with Crippen molar-refractivity contribution in [1.82, 2.24) is 62.3 Å². The molecule has 0 fully saturated rings. The standard InChI is InChI=1S/2C44H26N4.C43H25N5/c1-2-12-27(13-3-1)47-39-21-11-9-19-35(39)41-42-37(25-45-26-46-42)40-34-18-8-10-20-38(34)48(43(40)44(41)47)28-22-23-33-31-16-5-4-14-29(31)30-15-6-7-17-32(30)36(33)24-28;1-2-12-27(13-3-1)47-38-20-10-8-18-34(38)40-37-25-45-26-46-42(37)41-35-19-9-11-21-39(35)48(44(41)43(40)47)28-22-23-33-31-16-5-4-14-29(31)30-15-6-7-17-32(30)36(33)24-28;1-2-12-26(13-3-1)47-33-20-8-6-16-31(33)37-40-41(46-25-24-45-40)38-32-17-7-9-21-34(32)48(43(38)42(37)47)35-22-10-18-29-27-14-4-5-15-28(27)30-19-11-23-44-39(30)36(29)35/h2*1-26H;1-25H. The first-order valence-corrected chi connectivity index (χ1v) is 48.9. The number of rotatable bonds is 6. The van der Waals surface area contributed by atoms with Crippen molar-refractivity contribution in [1.29, 1.82) is 0 Å². The summed E-state index contributed by atoms with van der Waals surface area (Å²) in [6.45, 7) is 0. The Labute approximate surface area is 819 Å². The predicted molar refractivity (Wildman–Crippen MR) is 600 cm³/mol. The number of nitrogens with zero attached hydrogens (tertiary/aromatic N) is 13. The van der Waals surface area contributed by atoms with Gasteiger partial charge in [0.1, 0.15) is 12.7 Å². The second-order valence-electron chi connectivity index (χ2n) is 37.6. The lowest BCUT2D eigenvalue weighted by Crippen LogP contribution is -2.01. The topological polar surface area (TPSA) is 120 Å². The minimum Gasteiger partial charge on any atom is -0.307 e. The molecule has 0 aliphatic carbocycles. The van der Waals surface area contributed by atoms with Crippen LogP contribution in [0.2, 0.25) is 0 Å². The summed E-state index contributed by atoms with van der Waals surface area (Å²) in [5.74, 6) is 0. The van der Waals surface area contributed by atoms with Gasteiger partial charge in [0, 0.05) is 146 Å². The van der Waals surface area contributed by atoms with Gasteiger partial charge in [-0.1, -0.05) is 315 Å². The van der Waals surface area contributed by atoms with Crippen LogP contribution in [-0.4, -0.2) is 62.3 Å². The minimum absolute atomic E-state index is 0.902. The van der Waals surface area contributed by atoms with Gasteiger partial charge in [0.05, 0.1) is 99.5 Å². The van der Waals surface area contributed by atoms with Crippen LogP contribution in [0.1, 0.15) is 0 Å². The molecule has 0 amide bonds. The third-order valence-electron chi connectivity index (χ3n) is 30.4. The van der Waals surface area contributed by atoms with E-state index >= 15 is 0 Å². The third kappa shape index (κ3) is 11.2. The highest BCUT2D eigenvalue weighted by Gasteiger charge is 2.32. The molecule has 0 saturated heterocycles. The van der Waals surface area contributed by atoms with E-state index in [1.54, 1.807) is 12.7 Å². The van der Waals surface area contributed by atoms with Crippen LogP contribution in [-0.2, 0) is 0 Å². The summed E-state index contributed by atoms with van der Waals surface area (Å²) in [6.07, 6.45) is 12.9. The lowest BCUT2D eigenvalue weighted by Gasteiger charge is -2.17. The molecule has 0 spiro atoms. The Morgan fingerprint density at radius 1 is 0.139 bits per heavy atom. The molecule has 13 heteroatoms. The molecule has 0 aliphatic heterocycles. The fourth-order valence-electron chi connectivity index (χ4n) is 24.8. The Kier molecular flexibility index (Phi) is 17.1. The molecular weight excluding hydrogens is 1760 g/mol. The van der Waals surface area contributed by atoms with Crippen molar-refractivity contribution in [3.05, 3.63) is 468 Å². The van der Waals surface area contributed by atoms with Gasteiger partial charge >= 0.3 is 0 Å². The van der Waals surface area contributed by atoms with Crippen LogP contribution in [0.25, 0.3) is 295 Å². The first-order valence-electron chi connectivity index (χ1n) is 48.9. The SMILES string of the molecule is c1ccc(-n2c3ccccc3c3c4cncnc4c4c5ccccc5n(-c5ccc6c7ccccc7c7ccccc7c6c5)c4c32)cc1.c1ccc(-n2c3ccccc3c3c4nccnc4c4c5ccccc5n(-c5cccc6c7ccccc7c7cccnc7c56)c4c32)cc1.c1ccc(-n2c3ccccc3c3c4ncncc4c4c5ccccc5n(-c5ccc6c7ccccc7c7ccccc7c6c5)c4c32)cc1. The molecular formula is C131H77N13. The zero-order valence-corrected chi connectivity index (χ0v) is 77.3. The number of para-hydroxylation sites is 9. The minimum atomic E-state index is 0.902. The summed E-state index contributed by atoms with van der Waals surface area (Å²) in [6, 6.07) is 153. The summed E-state index contributed by atoms with van der Waals surface area (Å²) in [7, 11) is 0. The van der Waals surface area contributed by atoms with E-state index in [1.165, 1.54) is 108 Å². The summed E-state index contributed by atoms with van der Waals surface area (Å²) < 4.78 is 14.7. The maximum atomic E-state index is 5.06. The molecule has 0 N–H and O–H groups in total. The van der Waals surface area contributed by atoms with Gasteiger partial charge < -0.3 is 27.4 Å². The number of hydrogen-bond acceptors (Lipinski definition) is 7. The molecule has 0 saturated carbocycles. The highest BCUT2D eigenvalue weighted by Crippen LogP contribution is 2.53. The van der Waals surface area contributed by atoms with Crippen LogP contribution in [0.3, 0.4) is 0 Å². The van der Waals surface area contributed by atoms with Gasteiger partial charge in [-0.3, -0.25) is 15.0 Å². The van der Waals surface area contributed by atoms with Crippen LogP contribution in [0, 0.1) is 0 Å². The second kappa shape index (κ2) is 30.9. The first kappa shape index (κ1) is 79.4. The largest absolute Gasteiger partial charge is 0.307 e. The van der Waals surface area contributed by atoms with Crippen LogP contribution in [0.5, 0.6) is 0 Å². The van der Waals surface area contributed by atoms with Gasteiger partial charge in [-0.25, -0.2) is 19.9 Å². The predicted octanol–water partition coefficient (Wildman–Crippen LogP) is 33.2. The van der Waals surface area contributed by atoms with Crippen molar-refractivity contribution in [3.63, 3.8) is 0 Å². The van der Waals surface area contributed by atoms with E-state index in [4.69, 9.17) is 24.9 Å². The third-order valence-corrected chi connectivity index (χ3v) is 30.4. The molecule has 0 bridgehead atoms. The Morgan fingerprint density at radius 3 is 0.757 bits per heavy atom. The lowest BCUT2D eigenvalue weighted by molar-refractivity contribution is 1.15. The van der Waals surface area contributed by atoms with Crippen molar-refractivity contribution in [2.45, 2.75) is 0 Å². The van der Waals surface area contributed by atoms with E-state index < -0.39 is 0 Å². The smallest absolute Gasteiger partial charge is 0.116 e. The fraction of sp³-hybridized carbons (Fsp3) is 0. The van der Waals surface area contributed by atoms with Crippen LogP contribution in [0.4, 0.5) is 0 Å². The molecule has 10 heterocycles.